The summed E-state index contributed by atoms with van der Waals surface area (Å²) in [7, 11) is 0. The summed E-state index contributed by atoms with van der Waals surface area (Å²) in [5.41, 5.74) is 6.00. The molecule has 0 amide bonds. The highest BCUT2D eigenvalue weighted by atomic mass is 19.1. The number of benzene rings is 1. The van der Waals surface area contributed by atoms with Gasteiger partial charge < -0.3 is 15.0 Å². The van der Waals surface area contributed by atoms with Crippen molar-refractivity contribution in [3.63, 3.8) is 0 Å². The predicted octanol–water partition coefficient (Wildman–Crippen LogP) is 3.06. The van der Waals surface area contributed by atoms with Gasteiger partial charge in [0, 0.05) is 17.8 Å². The molecule has 0 aliphatic heterocycles. The Bertz CT molecular complexity index is 1090. The van der Waals surface area contributed by atoms with Gasteiger partial charge in [0.1, 0.15) is 11.4 Å². The lowest BCUT2D eigenvalue weighted by Crippen LogP contribution is -2.30. The number of nitrogen functional groups attached to an aromatic ring is 1. The van der Waals surface area contributed by atoms with Gasteiger partial charge in [-0.1, -0.05) is 0 Å². The van der Waals surface area contributed by atoms with Crippen LogP contribution in [0, 0.1) is 12.7 Å². The number of aryl methyl sites for hydroxylation is 1. The van der Waals surface area contributed by atoms with Crippen LogP contribution < -0.4 is 11.3 Å². The molecule has 0 aliphatic carbocycles. The minimum absolute atomic E-state index is 0.0561. The number of nitrogens with zero attached hydrogens (tertiary/aromatic N) is 3. The highest BCUT2D eigenvalue weighted by molar-refractivity contribution is 5.93. The third-order valence-corrected chi connectivity index (χ3v) is 3.98. The number of anilines is 1. The van der Waals surface area contributed by atoms with Crippen LogP contribution in [-0.2, 0) is 11.3 Å². The Kier molecular flexibility index (Phi) is 4.51. The van der Waals surface area contributed by atoms with E-state index in [0.29, 0.717) is 22.2 Å². The van der Waals surface area contributed by atoms with Crippen molar-refractivity contribution >= 4 is 22.8 Å². The quantitative estimate of drug-likeness (QED) is 0.746. The van der Waals surface area contributed by atoms with Crippen LogP contribution in [0.15, 0.2) is 35.4 Å². The zero-order valence-corrected chi connectivity index (χ0v) is 15.6. The van der Waals surface area contributed by atoms with E-state index >= 15 is 0 Å². The van der Waals surface area contributed by atoms with E-state index in [2.05, 4.69) is 4.98 Å². The number of aromatic nitrogens is 3. The molecule has 2 heterocycles. The van der Waals surface area contributed by atoms with Gasteiger partial charge in [-0.2, -0.15) is 0 Å². The van der Waals surface area contributed by atoms with Crippen molar-refractivity contribution in [2.45, 2.75) is 39.8 Å². The van der Waals surface area contributed by atoms with Gasteiger partial charge in [-0.25, -0.2) is 18.7 Å². The van der Waals surface area contributed by atoms with Gasteiger partial charge in [0.2, 0.25) is 0 Å². The molecule has 0 aliphatic rings. The van der Waals surface area contributed by atoms with E-state index in [1.54, 1.807) is 33.8 Å². The first kappa shape index (κ1) is 18.6. The van der Waals surface area contributed by atoms with Crippen LogP contribution in [0.4, 0.5) is 15.0 Å². The molecule has 0 saturated carbocycles. The Morgan fingerprint density at radius 1 is 1.30 bits per heavy atom. The summed E-state index contributed by atoms with van der Waals surface area (Å²) >= 11 is 0. The number of nitrogens with two attached hydrogens (primary N) is 1. The largest absolute Gasteiger partial charge is 0.443 e. The van der Waals surface area contributed by atoms with Crippen LogP contribution in [0.25, 0.3) is 10.9 Å². The average molecular weight is 372 g/mol. The van der Waals surface area contributed by atoms with E-state index in [0.717, 1.165) is 0 Å². The number of carbonyl (C=O) groups is 1. The van der Waals surface area contributed by atoms with Crippen molar-refractivity contribution in [3.05, 3.63) is 58.0 Å². The standard InChI is InChI=1S/C19H21FN4O3/c1-11-7-13(20)8-12-9-14(10-23-6-5-22-16(21)17(23)25)24(15(11)12)18(26)27-19(2,3)4/h5-9H,10H2,1-4H3,(H2,21,22). The molecule has 2 N–H and O–H groups in total. The van der Waals surface area contributed by atoms with E-state index in [4.69, 9.17) is 10.5 Å². The Balaban J connectivity index is 2.20. The van der Waals surface area contributed by atoms with Crippen molar-refractivity contribution in [1.82, 2.24) is 14.1 Å². The lowest BCUT2D eigenvalue weighted by atomic mass is 10.1. The number of ether oxygens (including phenoxy) is 1. The number of carbonyl (C=O) groups excluding carboxylic acids is 1. The highest BCUT2D eigenvalue weighted by Crippen LogP contribution is 2.26. The number of hydrogen-bond acceptors (Lipinski definition) is 5. The van der Waals surface area contributed by atoms with E-state index in [9.17, 15) is 14.0 Å². The van der Waals surface area contributed by atoms with E-state index < -0.39 is 23.1 Å². The van der Waals surface area contributed by atoms with Crippen LogP contribution >= 0.6 is 0 Å². The smallest absolute Gasteiger partial charge is 0.419 e. The minimum Gasteiger partial charge on any atom is -0.443 e. The first-order valence-electron chi connectivity index (χ1n) is 8.41. The number of rotatable bonds is 2. The minimum atomic E-state index is -0.711. The van der Waals surface area contributed by atoms with Gasteiger partial charge in [-0.05, 0) is 51.5 Å². The van der Waals surface area contributed by atoms with Crippen LogP contribution in [0.3, 0.4) is 0 Å². The van der Waals surface area contributed by atoms with Crippen molar-refractivity contribution in [3.8, 4) is 0 Å². The first-order valence-corrected chi connectivity index (χ1v) is 8.41. The summed E-state index contributed by atoms with van der Waals surface area (Å²) in [4.78, 5) is 28.8. The van der Waals surface area contributed by atoms with Crippen LogP contribution in [0.5, 0.6) is 0 Å². The zero-order valence-electron chi connectivity index (χ0n) is 15.6. The molecule has 8 heteroatoms. The predicted molar refractivity (Wildman–Crippen MR) is 100 cm³/mol. The van der Waals surface area contributed by atoms with Crippen molar-refractivity contribution < 1.29 is 13.9 Å². The monoisotopic (exact) mass is 372 g/mol. The molecule has 0 saturated heterocycles. The van der Waals surface area contributed by atoms with Gasteiger partial charge >= 0.3 is 6.09 Å². The summed E-state index contributed by atoms with van der Waals surface area (Å²) < 4.78 is 22.1. The lowest BCUT2D eigenvalue weighted by molar-refractivity contribution is 0.0539. The van der Waals surface area contributed by atoms with Gasteiger partial charge in [-0.3, -0.25) is 4.79 Å². The third kappa shape index (κ3) is 3.69. The second-order valence-electron chi connectivity index (χ2n) is 7.36. The fourth-order valence-electron chi connectivity index (χ4n) is 2.96. The summed E-state index contributed by atoms with van der Waals surface area (Å²) in [6.07, 6.45) is 2.28. The third-order valence-electron chi connectivity index (χ3n) is 3.98. The summed E-state index contributed by atoms with van der Waals surface area (Å²) in [5.74, 6) is -0.544. The van der Waals surface area contributed by atoms with E-state index in [1.165, 1.54) is 33.7 Å². The highest BCUT2D eigenvalue weighted by Gasteiger charge is 2.23. The fraction of sp³-hybridized carbons (Fsp3) is 0.316. The van der Waals surface area contributed by atoms with E-state index in [-0.39, 0.29) is 12.4 Å². The molecule has 2 aromatic heterocycles. The molecular weight excluding hydrogens is 351 g/mol. The Morgan fingerprint density at radius 3 is 2.67 bits per heavy atom. The zero-order chi connectivity index (χ0) is 19.9. The molecule has 1 aromatic carbocycles. The summed E-state index contributed by atoms with van der Waals surface area (Å²) in [5, 5.41) is 0.545. The molecular formula is C19H21FN4O3. The molecule has 3 aromatic rings. The molecule has 0 radical (unpaired) electrons. The molecule has 0 spiro atoms. The van der Waals surface area contributed by atoms with Gasteiger partial charge in [0.05, 0.1) is 17.8 Å². The number of hydrogen-bond donors (Lipinski definition) is 1. The topological polar surface area (TPSA) is 92.1 Å². The molecule has 3 rings (SSSR count). The van der Waals surface area contributed by atoms with Gasteiger partial charge in [-0.15, -0.1) is 0 Å². The second kappa shape index (κ2) is 6.53. The number of halogens is 1. The lowest BCUT2D eigenvalue weighted by Gasteiger charge is -2.21. The molecule has 0 unspecified atom stereocenters. The molecule has 7 nitrogen and oxygen atoms in total. The van der Waals surface area contributed by atoms with Crippen molar-refractivity contribution in [2.24, 2.45) is 0 Å². The molecule has 0 fully saturated rings. The van der Waals surface area contributed by atoms with Crippen molar-refractivity contribution in [2.75, 3.05) is 5.73 Å². The molecule has 0 bridgehead atoms. The molecule has 0 atom stereocenters. The number of fused-ring (bicyclic) bond motifs is 1. The maximum Gasteiger partial charge on any atom is 0.419 e. The SMILES string of the molecule is Cc1cc(F)cc2cc(Cn3ccnc(N)c3=O)n(C(=O)OC(C)(C)C)c12. The van der Waals surface area contributed by atoms with Gasteiger partial charge in [0.15, 0.2) is 5.82 Å². The van der Waals surface area contributed by atoms with Gasteiger partial charge in [0.25, 0.3) is 5.56 Å². The van der Waals surface area contributed by atoms with Crippen LogP contribution in [0.1, 0.15) is 32.0 Å². The fourth-order valence-corrected chi connectivity index (χ4v) is 2.96. The van der Waals surface area contributed by atoms with E-state index in [1.807, 2.05) is 0 Å². The van der Waals surface area contributed by atoms with Crippen molar-refractivity contribution in [1.29, 1.82) is 0 Å². The first-order chi connectivity index (χ1) is 12.6. The average Bonchev–Trinajstić information content (AvgIpc) is 2.88. The Labute approximate surface area is 155 Å². The molecule has 27 heavy (non-hydrogen) atoms. The maximum absolute atomic E-state index is 13.8. The summed E-state index contributed by atoms with van der Waals surface area (Å²) in [6, 6.07) is 4.36. The Hall–Kier alpha value is -3.16. The molecule has 142 valence electrons. The Morgan fingerprint density at radius 2 is 2.00 bits per heavy atom. The van der Waals surface area contributed by atoms with Crippen LogP contribution in [-0.4, -0.2) is 25.8 Å². The normalized spacial score (nSPS) is 11.7. The summed E-state index contributed by atoms with van der Waals surface area (Å²) in [6.45, 7) is 7.05. The van der Waals surface area contributed by atoms with Crippen LogP contribution in [0.2, 0.25) is 0 Å². The maximum atomic E-state index is 13.8. The second-order valence-corrected chi connectivity index (χ2v) is 7.36.